The Morgan fingerprint density at radius 1 is 1.00 bits per heavy atom. The minimum absolute atomic E-state index is 0.274. The SMILES string of the molecule is CC(C)c1ccc(C2CCN(C3=Nn4c(nnc4C(F)(F)F)CC3)CC2)cc1. The molecule has 0 spiro atoms. The summed E-state index contributed by atoms with van der Waals surface area (Å²) < 4.78 is 40.1. The van der Waals surface area contributed by atoms with Gasteiger partial charge in [-0.1, -0.05) is 38.1 Å². The average Bonchev–Trinajstić information content (AvgIpc) is 3.12. The summed E-state index contributed by atoms with van der Waals surface area (Å²) in [6.45, 7) is 5.97. The molecule has 0 bridgehead atoms. The van der Waals surface area contributed by atoms with Crippen molar-refractivity contribution in [3.8, 4) is 0 Å². The van der Waals surface area contributed by atoms with E-state index in [9.17, 15) is 13.2 Å². The lowest BCUT2D eigenvalue weighted by molar-refractivity contribution is -0.147. The maximum atomic E-state index is 13.1. The number of benzene rings is 1. The number of rotatable bonds is 2. The number of aryl methyl sites for hydroxylation is 1. The molecule has 1 aromatic heterocycles. The number of amidine groups is 1. The molecule has 0 atom stereocenters. The van der Waals surface area contributed by atoms with Crippen molar-refractivity contribution < 1.29 is 13.2 Å². The van der Waals surface area contributed by atoms with Crippen LogP contribution in [0.25, 0.3) is 0 Å². The van der Waals surface area contributed by atoms with Crippen molar-refractivity contribution in [1.82, 2.24) is 19.8 Å². The topological polar surface area (TPSA) is 46.3 Å². The molecule has 5 nitrogen and oxygen atoms in total. The number of likely N-dealkylation sites (tertiary alicyclic amines) is 1. The highest BCUT2D eigenvalue weighted by Crippen LogP contribution is 2.32. The maximum absolute atomic E-state index is 13.1. The van der Waals surface area contributed by atoms with E-state index in [0.717, 1.165) is 30.6 Å². The predicted octanol–water partition coefficient (Wildman–Crippen LogP) is 4.41. The van der Waals surface area contributed by atoms with Gasteiger partial charge < -0.3 is 4.90 Å². The van der Waals surface area contributed by atoms with Crippen LogP contribution in [-0.4, -0.2) is 38.7 Å². The zero-order valence-electron chi connectivity index (χ0n) is 16.1. The second-order valence-electron chi connectivity index (χ2n) is 7.85. The maximum Gasteiger partial charge on any atom is 0.453 e. The van der Waals surface area contributed by atoms with Gasteiger partial charge in [-0.05, 0) is 35.8 Å². The molecule has 0 amide bonds. The largest absolute Gasteiger partial charge is 0.453 e. The molecule has 2 aliphatic heterocycles. The minimum Gasteiger partial charge on any atom is -0.359 e. The zero-order chi connectivity index (χ0) is 19.9. The third-order valence-electron chi connectivity index (χ3n) is 5.68. The highest BCUT2D eigenvalue weighted by Gasteiger charge is 2.40. The first kappa shape index (κ1) is 19.0. The third kappa shape index (κ3) is 3.64. The summed E-state index contributed by atoms with van der Waals surface area (Å²) in [6, 6.07) is 8.83. The molecule has 1 saturated heterocycles. The molecule has 0 aliphatic carbocycles. The van der Waals surface area contributed by atoms with Gasteiger partial charge in [-0.3, -0.25) is 0 Å². The van der Waals surface area contributed by atoms with Gasteiger partial charge in [0.25, 0.3) is 5.82 Å². The lowest BCUT2D eigenvalue weighted by atomic mass is 9.88. The van der Waals surface area contributed by atoms with Crippen LogP contribution in [0, 0.1) is 0 Å². The molecule has 0 N–H and O–H groups in total. The van der Waals surface area contributed by atoms with Crippen molar-refractivity contribution in [2.75, 3.05) is 13.1 Å². The van der Waals surface area contributed by atoms with E-state index in [0.29, 0.717) is 30.5 Å². The summed E-state index contributed by atoms with van der Waals surface area (Å²) in [5.74, 6) is 0.935. The fourth-order valence-electron chi connectivity index (χ4n) is 3.98. The number of alkyl halides is 3. The van der Waals surface area contributed by atoms with E-state index in [2.05, 4.69) is 58.3 Å². The number of aromatic nitrogens is 3. The van der Waals surface area contributed by atoms with Crippen LogP contribution in [0.5, 0.6) is 0 Å². The number of hydrogen-bond donors (Lipinski definition) is 0. The highest BCUT2D eigenvalue weighted by atomic mass is 19.4. The van der Waals surface area contributed by atoms with E-state index in [1.807, 2.05) is 0 Å². The van der Waals surface area contributed by atoms with E-state index in [-0.39, 0.29) is 5.82 Å². The standard InChI is InChI=1S/C20H24F3N5/c1-13(2)14-3-5-15(6-4-14)16-9-11-27(12-10-16)18-8-7-17-24-25-19(20(21,22)23)28(17)26-18/h3-6,13,16H,7-12H2,1-2H3. The summed E-state index contributed by atoms with van der Waals surface area (Å²) in [6.07, 6.45) is -1.57. The van der Waals surface area contributed by atoms with Gasteiger partial charge in [-0.25, -0.2) is 0 Å². The van der Waals surface area contributed by atoms with Gasteiger partial charge in [0.2, 0.25) is 0 Å². The molecule has 1 aromatic carbocycles. The molecule has 28 heavy (non-hydrogen) atoms. The van der Waals surface area contributed by atoms with Crippen LogP contribution in [0.3, 0.4) is 0 Å². The number of hydrogen-bond acceptors (Lipinski definition) is 4. The first-order valence-corrected chi connectivity index (χ1v) is 9.77. The van der Waals surface area contributed by atoms with E-state index >= 15 is 0 Å². The number of piperidine rings is 1. The van der Waals surface area contributed by atoms with Crippen molar-refractivity contribution in [1.29, 1.82) is 0 Å². The van der Waals surface area contributed by atoms with Crippen LogP contribution in [0.4, 0.5) is 13.2 Å². The first-order valence-electron chi connectivity index (χ1n) is 9.77. The summed E-state index contributed by atoms with van der Waals surface area (Å²) in [4.78, 5) is 2.11. The smallest absolute Gasteiger partial charge is 0.359 e. The molecule has 2 aromatic rings. The molecule has 4 rings (SSSR count). The van der Waals surface area contributed by atoms with Gasteiger partial charge in [-0.15, -0.1) is 10.2 Å². The Balaban J connectivity index is 1.45. The number of fused-ring (bicyclic) bond motifs is 1. The van der Waals surface area contributed by atoms with Crippen molar-refractivity contribution in [2.45, 2.75) is 57.5 Å². The predicted molar refractivity (Wildman–Crippen MR) is 100 cm³/mol. The molecule has 0 unspecified atom stereocenters. The van der Waals surface area contributed by atoms with Gasteiger partial charge >= 0.3 is 6.18 Å². The van der Waals surface area contributed by atoms with Crippen LogP contribution in [-0.2, 0) is 12.6 Å². The van der Waals surface area contributed by atoms with Gasteiger partial charge in [0, 0.05) is 25.9 Å². The van der Waals surface area contributed by atoms with Crippen molar-refractivity contribution >= 4 is 5.84 Å². The average molecular weight is 391 g/mol. The fraction of sp³-hybridized carbons (Fsp3) is 0.550. The highest BCUT2D eigenvalue weighted by molar-refractivity contribution is 5.83. The Bertz CT molecular complexity index is 859. The van der Waals surface area contributed by atoms with Crippen LogP contribution < -0.4 is 0 Å². The molecule has 1 fully saturated rings. The number of halogens is 3. The fourth-order valence-corrected chi connectivity index (χ4v) is 3.98. The Morgan fingerprint density at radius 3 is 2.29 bits per heavy atom. The van der Waals surface area contributed by atoms with E-state index in [1.165, 1.54) is 11.1 Å². The quantitative estimate of drug-likeness (QED) is 0.762. The second kappa shape index (κ2) is 7.22. The second-order valence-corrected chi connectivity index (χ2v) is 7.85. The molecule has 0 radical (unpaired) electrons. The van der Waals surface area contributed by atoms with Crippen LogP contribution in [0.15, 0.2) is 29.4 Å². The molecule has 3 heterocycles. The Hall–Kier alpha value is -2.38. The van der Waals surface area contributed by atoms with Crippen LogP contribution >= 0.6 is 0 Å². The first-order chi connectivity index (χ1) is 13.3. The summed E-state index contributed by atoms with van der Waals surface area (Å²) in [5.41, 5.74) is 2.68. The lowest BCUT2D eigenvalue weighted by Gasteiger charge is -2.35. The van der Waals surface area contributed by atoms with Crippen molar-refractivity contribution in [3.63, 3.8) is 0 Å². The number of nitrogens with zero attached hydrogens (tertiary/aromatic N) is 5. The van der Waals surface area contributed by atoms with Gasteiger partial charge in [0.05, 0.1) is 0 Å². The molecule has 0 saturated carbocycles. The minimum atomic E-state index is -4.55. The Kier molecular flexibility index (Phi) is 4.89. The lowest BCUT2D eigenvalue weighted by Crippen LogP contribution is -2.40. The van der Waals surface area contributed by atoms with E-state index < -0.39 is 12.0 Å². The Morgan fingerprint density at radius 2 is 1.68 bits per heavy atom. The van der Waals surface area contributed by atoms with Crippen LogP contribution in [0.1, 0.15) is 67.7 Å². The summed E-state index contributed by atoms with van der Waals surface area (Å²) in [7, 11) is 0. The van der Waals surface area contributed by atoms with Crippen molar-refractivity contribution in [2.24, 2.45) is 5.10 Å². The molecular weight excluding hydrogens is 367 g/mol. The molecular formula is C20H24F3N5. The van der Waals surface area contributed by atoms with Gasteiger partial charge in [-0.2, -0.15) is 22.9 Å². The van der Waals surface area contributed by atoms with Gasteiger partial charge in [0.1, 0.15) is 5.84 Å². The zero-order valence-corrected chi connectivity index (χ0v) is 16.1. The van der Waals surface area contributed by atoms with Gasteiger partial charge in [0.15, 0.2) is 5.82 Å². The molecule has 150 valence electrons. The van der Waals surface area contributed by atoms with Crippen molar-refractivity contribution in [3.05, 3.63) is 47.0 Å². The summed E-state index contributed by atoms with van der Waals surface area (Å²) >= 11 is 0. The normalized spacial score (nSPS) is 18.4. The molecule has 2 aliphatic rings. The van der Waals surface area contributed by atoms with Crippen LogP contribution in [0.2, 0.25) is 0 Å². The monoisotopic (exact) mass is 391 g/mol. The van der Waals surface area contributed by atoms with E-state index in [1.54, 1.807) is 0 Å². The van der Waals surface area contributed by atoms with E-state index in [4.69, 9.17) is 0 Å². The Labute approximate surface area is 162 Å². The summed E-state index contributed by atoms with van der Waals surface area (Å²) in [5, 5.41) is 11.2. The molecule has 8 heteroatoms. The third-order valence-corrected chi connectivity index (χ3v) is 5.68.